The number of likely N-dealkylation sites (N-methyl/N-ethyl adjacent to an activating group) is 1. The van der Waals surface area contributed by atoms with Crippen molar-refractivity contribution >= 4 is 44.5 Å². The SMILES string of the molecule is [C-]#[N+]/C(=C\c1cc(C#N)ccc1OC)c1cn(C(=O)CN(C)C)c2ccc(Br)cc12. The van der Waals surface area contributed by atoms with Crippen molar-refractivity contribution in [2.24, 2.45) is 0 Å². The maximum absolute atomic E-state index is 12.8. The molecule has 0 aliphatic rings. The molecule has 3 aromatic rings. The fraction of sp³-hybridized carbons (Fsp3) is 0.174. The van der Waals surface area contributed by atoms with Crippen LogP contribution in [0, 0.1) is 17.9 Å². The maximum atomic E-state index is 12.8. The number of hydrogen-bond acceptors (Lipinski definition) is 4. The zero-order valence-corrected chi connectivity index (χ0v) is 18.4. The number of halogens is 1. The Kier molecular flexibility index (Phi) is 6.37. The second kappa shape index (κ2) is 8.96. The Morgan fingerprint density at radius 1 is 1.33 bits per heavy atom. The Hall–Kier alpha value is -3.39. The first-order valence-corrected chi connectivity index (χ1v) is 9.83. The molecule has 7 heteroatoms. The van der Waals surface area contributed by atoms with E-state index in [1.807, 2.05) is 32.3 Å². The number of benzene rings is 2. The fourth-order valence-electron chi connectivity index (χ4n) is 3.19. The van der Waals surface area contributed by atoms with Crippen LogP contribution in [0.3, 0.4) is 0 Å². The summed E-state index contributed by atoms with van der Waals surface area (Å²) in [5, 5.41) is 10.0. The number of aromatic nitrogens is 1. The topological polar surface area (TPSA) is 62.6 Å². The standard InChI is InChI=1S/C23H19BrN4O2/c1-26-20(10-16-9-15(12-25)5-8-22(16)30-4)19-13-28(23(29)14-27(2)3)21-7-6-17(24)11-18(19)21/h5-11,13H,14H2,2-4H3/b20-10-. The molecule has 0 aliphatic carbocycles. The molecular weight excluding hydrogens is 444 g/mol. The van der Waals surface area contributed by atoms with Gasteiger partial charge in [-0.15, -0.1) is 0 Å². The lowest BCUT2D eigenvalue weighted by atomic mass is 10.1. The van der Waals surface area contributed by atoms with Crippen LogP contribution in [0.15, 0.2) is 47.1 Å². The molecule has 1 heterocycles. The van der Waals surface area contributed by atoms with E-state index in [0.717, 1.165) is 15.4 Å². The Morgan fingerprint density at radius 2 is 2.10 bits per heavy atom. The predicted octanol–water partition coefficient (Wildman–Crippen LogP) is 4.90. The molecule has 3 rings (SSSR count). The Morgan fingerprint density at radius 3 is 2.73 bits per heavy atom. The lowest BCUT2D eigenvalue weighted by Gasteiger charge is -2.09. The van der Waals surface area contributed by atoms with Crippen molar-refractivity contribution in [3.8, 4) is 11.8 Å². The molecule has 0 spiro atoms. The monoisotopic (exact) mass is 462 g/mol. The fourth-order valence-corrected chi connectivity index (χ4v) is 3.55. The van der Waals surface area contributed by atoms with Crippen LogP contribution in [-0.2, 0) is 0 Å². The minimum Gasteiger partial charge on any atom is -0.496 e. The van der Waals surface area contributed by atoms with Crippen molar-refractivity contribution in [2.75, 3.05) is 27.7 Å². The lowest BCUT2D eigenvalue weighted by molar-refractivity contribution is 0.0882. The van der Waals surface area contributed by atoms with Gasteiger partial charge in [-0.05, 0) is 62.0 Å². The third kappa shape index (κ3) is 4.28. The van der Waals surface area contributed by atoms with Crippen molar-refractivity contribution in [3.63, 3.8) is 0 Å². The van der Waals surface area contributed by atoms with Gasteiger partial charge in [-0.2, -0.15) is 5.26 Å². The number of carbonyl (C=O) groups excluding carboxylic acids is 1. The van der Waals surface area contributed by atoms with E-state index in [2.05, 4.69) is 26.8 Å². The molecule has 6 nitrogen and oxygen atoms in total. The van der Waals surface area contributed by atoms with Gasteiger partial charge in [0.15, 0.2) is 5.70 Å². The van der Waals surface area contributed by atoms with Crippen LogP contribution in [-0.4, -0.2) is 43.1 Å². The molecule has 30 heavy (non-hydrogen) atoms. The number of nitrogens with zero attached hydrogens (tertiary/aromatic N) is 4. The van der Waals surface area contributed by atoms with Crippen LogP contribution >= 0.6 is 15.9 Å². The third-order valence-corrected chi connectivity index (χ3v) is 5.03. The quantitative estimate of drug-likeness (QED) is 0.505. The predicted molar refractivity (Wildman–Crippen MR) is 121 cm³/mol. The normalized spacial score (nSPS) is 11.4. The molecule has 0 bridgehead atoms. The second-order valence-corrected chi connectivity index (χ2v) is 7.83. The number of ether oxygens (including phenoxy) is 1. The third-order valence-electron chi connectivity index (χ3n) is 4.53. The summed E-state index contributed by atoms with van der Waals surface area (Å²) in [6.07, 6.45) is 3.39. The van der Waals surface area contributed by atoms with Crippen molar-refractivity contribution in [1.82, 2.24) is 9.47 Å². The number of nitriles is 1. The van der Waals surface area contributed by atoms with Crippen LogP contribution in [0.4, 0.5) is 0 Å². The lowest BCUT2D eigenvalue weighted by Crippen LogP contribution is -2.25. The van der Waals surface area contributed by atoms with Crippen LogP contribution in [0.25, 0.3) is 27.5 Å². The van der Waals surface area contributed by atoms with Crippen LogP contribution in [0.2, 0.25) is 0 Å². The molecule has 2 aromatic carbocycles. The van der Waals surface area contributed by atoms with Gasteiger partial charge in [-0.1, -0.05) is 15.9 Å². The molecule has 0 saturated heterocycles. The highest BCUT2D eigenvalue weighted by atomic mass is 79.9. The summed E-state index contributed by atoms with van der Waals surface area (Å²) < 4.78 is 7.82. The molecule has 0 fully saturated rings. The maximum Gasteiger partial charge on any atom is 0.245 e. The zero-order chi connectivity index (χ0) is 21.8. The number of methoxy groups -OCH3 is 1. The van der Waals surface area contributed by atoms with E-state index in [4.69, 9.17) is 11.3 Å². The van der Waals surface area contributed by atoms with Gasteiger partial charge in [0.05, 0.1) is 37.4 Å². The average molecular weight is 463 g/mol. The molecule has 0 saturated carbocycles. The minimum absolute atomic E-state index is 0.0908. The number of carbonyl (C=O) groups is 1. The summed E-state index contributed by atoms with van der Waals surface area (Å²) in [4.78, 5) is 18.3. The Balaban J connectivity index is 2.23. The molecule has 0 amide bonds. The summed E-state index contributed by atoms with van der Waals surface area (Å²) in [5.41, 5.74) is 2.81. The highest BCUT2D eigenvalue weighted by Crippen LogP contribution is 2.33. The first-order chi connectivity index (χ1) is 14.4. The molecule has 0 radical (unpaired) electrons. The van der Waals surface area contributed by atoms with Gasteiger partial charge in [0.25, 0.3) is 0 Å². The zero-order valence-electron chi connectivity index (χ0n) is 16.8. The van der Waals surface area contributed by atoms with E-state index in [1.54, 1.807) is 47.0 Å². The van der Waals surface area contributed by atoms with E-state index < -0.39 is 0 Å². The number of hydrogen-bond donors (Lipinski definition) is 0. The van der Waals surface area contributed by atoms with E-state index in [9.17, 15) is 10.1 Å². The van der Waals surface area contributed by atoms with Crippen LogP contribution in [0.1, 0.15) is 21.5 Å². The van der Waals surface area contributed by atoms with Crippen molar-refractivity contribution in [3.05, 3.63) is 75.2 Å². The van der Waals surface area contributed by atoms with Crippen LogP contribution < -0.4 is 4.74 Å². The summed E-state index contributed by atoms with van der Waals surface area (Å²) in [7, 11) is 5.21. The van der Waals surface area contributed by atoms with Gasteiger partial charge < -0.3 is 9.64 Å². The highest BCUT2D eigenvalue weighted by Gasteiger charge is 2.18. The molecule has 0 atom stereocenters. The van der Waals surface area contributed by atoms with E-state index in [1.165, 1.54) is 0 Å². The summed E-state index contributed by atoms with van der Waals surface area (Å²) >= 11 is 3.48. The summed E-state index contributed by atoms with van der Waals surface area (Å²) in [6, 6.07) is 12.8. The van der Waals surface area contributed by atoms with Gasteiger partial charge in [0.2, 0.25) is 5.91 Å². The number of fused-ring (bicyclic) bond motifs is 1. The molecule has 0 N–H and O–H groups in total. The van der Waals surface area contributed by atoms with Gasteiger partial charge in [0, 0.05) is 21.8 Å². The largest absolute Gasteiger partial charge is 0.496 e. The van der Waals surface area contributed by atoms with E-state index in [0.29, 0.717) is 28.1 Å². The van der Waals surface area contributed by atoms with Crippen molar-refractivity contribution in [1.29, 1.82) is 5.26 Å². The minimum atomic E-state index is -0.0908. The molecular formula is C23H19BrN4O2. The second-order valence-electron chi connectivity index (χ2n) is 6.92. The van der Waals surface area contributed by atoms with Gasteiger partial charge in [-0.25, -0.2) is 4.85 Å². The smallest absolute Gasteiger partial charge is 0.245 e. The Bertz CT molecular complexity index is 1240. The Labute approximate surface area is 183 Å². The van der Waals surface area contributed by atoms with Gasteiger partial charge in [-0.3, -0.25) is 9.36 Å². The van der Waals surface area contributed by atoms with Gasteiger partial charge in [0.1, 0.15) is 5.75 Å². The molecule has 150 valence electrons. The first kappa shape index (κ1) is 21.3. The number of rotatable bonds is 5. The van der Waals surface area contributed by atoms with Crippen molar-refractivity contribution < 1.29 is 9.53 Å². The summed E-state index contributed by atoms with van der Waals surface area (Å²) in [6.45, 7) is 8.01. The van der Waals surface area contributed by atoms with Crippen molar-refractivity contribution in [2.45, 2.75) is 0 Å². The van der Waals surface area contributed by atoms with Crippen LogP contribution in [0.5, 0.6) is 5.75 Å². The molecule has 0 aliphatic heterocycles. The summed E-state index contributed by atoms with van der Waals surface area (Å²) in [5.74, 6) is 0.468. The highest BCUT2D eigenvalue weighted by molar-refractivity contribution is 9.10. The van der Waals surface area contributed by atoms with E-state index in [-0.39, 0.29) is 12.5 Å². The first-order valence-electron chi connectivity index (χ1n) is 9.04. The average Bonchev–Trinajstić information content (AvgIpc) is 3.09. The molecule has 0 unspecified atom stereocenters. The molecule has 1 aromatic heterocycles. The van der Waals surface area contributed by atoms with Gasteiger partial charge >= 0.3 is 0 Å². The van der Waals surface area contributed by atoms with E-state index >= 15 is 0 Å².